The van der Waals surface area contributed by atoms with E-state index in [-0.39, 0.29) is 43.4 Å². The Labute approximate surface area is 144 Å². The quantitative estimate of drug-likeness (QED) is 0.902. The van der Waals surface area contributed by atoms with Crippen LogP contribution < -0.4 is 10.1 Å². The van der Waals surface area contributed by atoms with Crippen LogP contribution in [0, 0.1) is 11.3 Å². The number of hydrogen-bond donors (Lipinski definition) is 1. The highest BCUT2D eigenvalue weighted by molar-refractivity contribution is 5.73. The Bertz CT molecular complexity index is 670. The molecular weight excluding hydrogens is 335 g/mol. The number of likely N-dealkylation sites (tertiary alicyclic amines) is 1. The maximum absolute atomic E-state index is 13.3. The van der Waals surface area contributed by atoms with Crippen LogP contribution in [0.1, 0.15) is 30.9 Å². The highest BCUT2D eigenvalue weighted by Crippen LogP contribution is 2.33. The first-order valence-electron chi connectivity index (χ1n) is 7.89. The van der Waals surface area contributed by atoms with E-state index in [4.69, 9.17) is 10.00 Å². The van der Waals surface area contributed by atoms with Gasteiger partial charge in [0.2, 0.25) is 5.91 Å². The van der Waals surface area contributed by atoms with Gasteiger partial charge in [-0.15, -0.1) is 0 Å². The van der Waals surface area contributed by atoms with Crippen molar-refractivity contribution < 1.29 is 22.7 Å². The van der Waals surface area contributed by atoms with Gasteiger partial charge in [0.15, 0.2) is 0 Å². The first kappa shape index (κ1) is 19.1. The van der Waals surface area contributed by atoms with Gasteiger partial charge in [0.25, 0.3) is 0 Å². The van der Waals surface area contributed by atoms with E-state index in [9.17, 15) is 18.0 Å². The molecule has 5 nitrogen and oxygen atoms in total. The minimum Gasteiger partial charge on any atom is -0.495 e. The Hall–Kier alpha value is -2.27. The topological polar surface area (TPSA) is 65.4 Å². The van der Waals surface area contributed by atoms with Crippen molar-refractivity contribution in [3.05, 3.63) is 29.3 Å². The van der Waals surface area contributed by atoms with Crippen LogP contribution >= 0.6 is 0 Å². The molecule has 1 aliphatic rings. The number of ether oxygens (including phenoxy) is 1. The molecule has 2 atom stereocenters. The highest BCUT2D eigenvalue weighted by Gasteiger charge is 2.46. The second kappa shape index (κ2) is 7.74. The van der Waals surface area contributed by atoms with E-state index in [1.807, 2.05) is 6.07 Å². The van der Waals surface area contributed by atoms with Crippen molar-refractivity contribution in [1.29, 1.82) is 5.26 Å². The zero-order chi connectivity index (χ0) is 18.6. The summed E-state index contributed by atoms with van der Waals surface area (Å²) < 4.78 is 45.1. The SMILES string of the molecule is COc1ccc(CN2C[C@H](NC(C)=O)CC[C@@H]2C(F)(F)F)cc1C#N. The fourth-order valence-electron chi connectivity index (χ4n) is 3.17. The van der Waals surface area contributed by atoms with E-state index < -0.39 is 12.2 Å². The second-order valence-electron chi connectivity index (χ2n) is 6.11. The Balaban J connectivity index is 2.22. The Morgan fingerprint density at radius 1 is 1.44 bits per heavy atom. The van der Waals surface area contributed by atoms with Crippen LogP contribution in [0.5, 0.6) is 5.75 Å². The van der Waals surface area contributed by atoms with E-state index in [1.54, 1.807) is 12.1 Å². The van der Waals surface area contributed by atoms with Crippen LogP contribution in [0.4, 0.5) is 13.2 Å². The molecule has 1 fully saturated rings. The largest absolute Gasteiger partial charge is 0.495 e. The summed E-state index contributed by atoms with van der Waals surface area (Å²) in [5.74, 6) is 0.125. The molecular formula is C17H20F3N3O2. The molecule has 8 heteroatoms. The maximum Gasteiger partial charge on any atom is 0.404 e. The van der Waals surface area contributed by atoms with E-state index in [1.165, 1.54) is 25.0 Å². The van der Waals surface area contributed by atoms with Gasteiger partial charge in [0, 0.05) is 26.1 Å². The van der Waals surface area contributed by atoms with Gasteiger partial charge in [-0.3, -0.25) is 9.69 Å². The molecule has 25 heavy (non-hydrogen) atoms. The van der Waals surface area contributed by atoms with Crippen molar-refractivity contribution in [1.82, 2.24) is 10.2 Å². The molecule has 0 spiro atoms. The van der Waals surface area contributed by atoms with Gasteiger partial charge in [-0.05, 0) is 30.5 Å². The van der Waals surface area contributed by atoms with Crippen molar-refractivity contribution >= 4 is 5.91 Å². The van der Waals surface area contributed by atoms with Crippen LogP contribution in [0.25, 0.3) is 0 Å². The van der Waals surface area contributed by atoms with Gasteiger partial charge in [0.1, 0.15) is 17.9 Å². The summed E-state index contributed by atoms with van der Waals surface area (Å²) in [5, 5.41) is 11.8. The van der Waals surface area contributed by atoms with Gasteiger partial charge in [-0.25, -0.2) is 0 Å². The molecule has 1 N–H and O–H groups in total. The van der Waals surface area contributed by atoms with Crippen LogP contribution in [-0.2, 0) is 11.3 Å². The molecule has 1 amide bonds. The van der Waals surface area contributed by atoms with Crippen LogP contribution in [0.2, 0.25) is 0 Å². The summed E-state index contributed by atoms with van der Waals surface area (Å²) in [4.78, 5) is 12.5. The predicted octanol–water partition coefficient (Wildman–Crippen LogP) is 2.60. The number of benzene rings is 1. The Kier molecular flexibility index (Phi) is 5.90. The minimum atomic E-state index is -4.34. The smallest absolute Gasteiger partial charge is 0.404 e. The van der Waals surface area contributed by atoms with Gasteiger partial charge < -0.3 is 10.1 Å². The van der Waals surface area contributed by atoms with Crippen molar-refractivity contribution in [2.75, 3.05) is 13.7 Å². The van der Waals surface area contributed by atoms with Gasteiger partial charge >= 0.3 is 6.18 Å². The number of carbonyl (C=O) groups excluding carboxylic acids is 1. The van der Waals surface area contributed by atoms with Crippen molar-refractivity contribution in [3.63, 3.8) is 0 Å². The Morgan fingerprint density at radius 3 is 2.72 bits per heavy atom. The fraction of sp³-hybridized carbons (Fsp3) is 0.529. The summed E-state index contributed by atoms with van der Waals surface area (Å²) in [6.45, 7) is 1.50. The molecule has 136 valence electrons. The lowest BCUT2D eigenvalue weighted by Crippen LogP contribution is -2.55. The first-order valence-corrected chi connectivity index (χ1v) is 7.89. The maximum atomic E-state index is 13.3. The summed E-state index contributed by atoms with van der Waals surface area (Å²) in [6.07, 6.45) is -4.13. The number of carbonyl (C=O) groups is 1. The van der Waals surface area contributed by atoms with Crippen molar-refractivity contribution in [3.8, 4) is 11.8 Å². The van der Waals surface area contributed by atoms with E-state index in [0.29, 0.717) is 11.3 Å². The molecule has 0 saturated carbocycles. The molecule has 1 aromatic rings. The molecule has 2 rings (SSSR count). The lowest BCUT2D eigenvalue weighted by atomic mass is 9.96. The van der Waals surface area contributed by atoms with E-state index in [2.05, 4.69) is 5.32 Å². The van der Waals surface area contributed by atoms with Crippen molar-refractivity contribution in [2.45, 2.75) is 44.6 Å². The van der Waals surface area contributed by atoms with Crippen LogP contribution in [0.15, 0.2) is 18.2 Å². The highest BCUT2D eigenvalue weighted by atomic mass is 19.4. The fourth-order valence-corrected chi connectivity index (χ4v) is 3.17. The molecule has 0 bridgehead atoms. The minimum absolute atomic E-state index is 0.0406. The normalized spacial score (nSPS) is 21.4. The number of methoxy groups -OCH3 is 1. The van der Waals surface area contributed by atoms with Crippen molar-refractivity contribution in [2.24, 2.45) is 0 Å². The average Bonchev–Trinajstić information content (AvgIpc) is 2.53. The third kappa shape index (κ3) is 4.86. The van der Waals surface area contributed by atoms with E-state index in [0.717, 1.165) is 0 Å². The molecule has 0 aromatic heterocycles. The lowest BCUT2D eigenvalue weighted by molar-refractivity contribution is -0.194. The summed E-state index contributed by atoms with van der Waals surface area (Å²) in [7, 11) is 1.43. The molecule has 0 unspecified atom stereocenters. The lowest BCUT2D eigenvalue weighted by Gasteiger charge is -2.40. The average molecular weight is 355 g/mol. The van der Waals surface area contributed by atoms with Gasteiger partial charge in [-0.2, -0.15) is 18.4 Å². The number of hydrogen-bond acceptors (Lipinski definition) is 4. The number of nitrogens with zero attached hydrogens (tertiary/aromatic N) is 2. The molecule has 0 radical (unpaired) electrons. The standard InChI is InChI=1S/C17H20F3N3O2/c1-11(24)22-14-4-6-16(17(18,19)20)23(10-14)9-12-3-5-15(25-2)13(7-12)8-21/h3,5,7,14,16H,4,6,9-10H2,1-2H3,(H,22,24)/t14-,16-/m1/s1. The number of alkyl halides is 3. The van der Waals surface area contributed by atoms with Gasteiger partial charge in [-0.1, -0.05) is 6.07 Å². The van der Waals surface area contributed by atoms with Crippen LogP contribution in [-0.4, -0.2) is 42.7 Å². The molecule has 1 aliphatic heterocycles. The third-order valence-corrected chi connectivity index (χ3v) is 4.24. The number of piperidine rings is 1. The molecule has 1 aromatic carbocycles. The number of nitrogens with one attached hydrogen (secondary N) is 1. The number of nitriles is 1. The number of halogens is 3. The molecule has 1 saturated heterocycles. The second-order valence-corrected chi connectivity index (χ2v) is 6.11. The third-order valence-electron chi connectivity index (χ3n) is 4.24. The summed E-state index contributed by atoms with van der Waals surface area (Å²) in [5.41, 5.74) is 0.869. The predicted molar refractivity (Wildman–Crippen MR) is 84.8 cm³/mol. The van der Waals surface area contributed by atoms with E-state index >= 15 is 0 Å². The zero-order valence-corrected chi connectivity index (χ0v) is 14.1. The van der Waals surface area contributed by atoms with Crippen LogP contribution in [0.3, 0.4) is 0 Å². The monoisotopic (exact) mass is 355 g/mol. The Morgan fingerprint density at radius 2 is 2.16 bits per heavy atom. The first-order chi connectivity index (χ1) is 11.7. The summed E-state index contributed by atoms with van der Waals surface area (Å²) in [6, 6.07) is 4.86. The molecule has 0 aliphatic carbocycles. The number of amides is 1. The number of rotatable bonds is 4. The molecule has 1 heterocycles. The van der Waals surface area contributed by atoms with Gasteiger partial charge in [0.05, 0.1) is 12.7 Å². The zero-order valence-electron chi connectivity index (χ0n) is 14.1. The summed E-state index contributed by atoms with van der Waals surface area (Å²) >= 11 is 0.